The first-order valence-electron chi connectivity index (χ1n) is 5.07. The fourth-order valence-electron chi connectivity index (χ4n) is 1.46. The average molecular weight is 333 g/mol. The van der Waals surface area contributed by atoms with E-state index in [1.54, 1.807) is 17.4 Å². The normalized spacial score (nSPS) is 10.7. The number of aromatic hydroxyl groups is 1. The summed E-state index contributed by atoms with van der Waals surface area (Å²) in [6.45, 7) is 1.36. The van der Waals surface area contributed by atoms with Crippen molar-refractivity contribution in [2.24, 2.45) is 0 Å². The van der Waals surface area contributed by atoms with E-state index in [2.05, 4.69) is 21.2 Å². The Morgan fingerprint density at radius 3 is 2.82 bits per heavy atom. The van der Waals surface area contributed by atoms with Crippen LogP contribution in [0.2, 0.25) is 5.02 Å². The molecule has 1 heterocycles. The van der Waals surface area contributed by atoms with Crippen molar-refractivity contribution in [3.8, 4) is 5.75 Å². The molecule has 0 aliphatic rings. The van der Waals surface area contributed by atoms with Gasteiger partial charge >= 0.3 is 0 Å². The molecule has 0 unspecified atom stereocenters. The van der Waals surface area contributed by atoms with Crippen molar-refractivity contribution in [2.45, 2.75) is 13.1 Å². The van der Waals surface area contributed by atoms with Crippen LogP contribution in [0, 0.1) is 0 Å². The van der Waals surface area contributed by atoms with E-state index in [0.717, 1.165) is 16.6 Å². The Balaban J connectivity index is 1.95. The topological polar surface area (TPSA) is 32.3 Å². The van der Waals surface area contributed by atoms with Crippen molar-refractivity contribution in [3.05, 3.63) is 49.6 Å². The monoisotopic (exact) mass is 331 g/mol. The molecule has 0 amide bonds. The van der Waals surface area contributed by atoms with E-state index in [0.29, 0.717) is 11.6 Å². The Bertz CT molecular complexity index is 515. The second-order valence-corrected chi connectivity index (χ2v) is 5.81. The van der Waals surface area contributed by atoms with Gasteiger partial charge in [0, 0.05) is 28.0 Å². The third-order valence-corrected chi connectivity index (χ3v) is 4.59. The van der Waals surface area contributed by atoms with E-state index in [1.165, 1.54) is 4.88 Å². The highest BCUT2D eigenvalue weighted by atomic mass is 79.9. The minimum atomic E-state index is 0.159. The Kier molecular flexibility index (Phi) is 4.45. The quantitative estimate of drug-likeness (QED) is 0.881. The van der Waals surface area contributed by atoms with Crippen LogP contribution in [-0.2, 0) is 13.1 Å². The minimum absolute atomic E-state index is 0.159. The van der Waals surface area contributed by atoms with Gasteiger partial charge in [-0.15, -0.1) is 11.3 Å². The van der Waals surface area contributed by atoms with Crippen molar-refractivity contribution in [1.29, 1.82) is 0 Å². The average Bonchev–Trinajstić information content (AvgIpc) is 2.71. The fourth-order valence-corrected chi connectivity index (χ4v) is 3.12. The highest BCUT2D eigenvalue weighted by Crippen LogP contribution is 2.27. The maximum absolute atomic E-state index is 9.73. The molecule has 0 spiro atoms. The van der Waals surface area contributed by atoms with Crippen LogP contribution in [0.25, 0.3) is 0 Å². The molecule has 90 valence electrons. The molecule has 0 radical (unpaired) electrons. The predicted octanol–water partition coefficient (Wildman–Crippen LogP) is 4.16. The highest BCUT2D eigenvalue weighted by molar-refractivity contribution is 9.10. The first-order chi connectivity index (χ1) is 8.18. The molecule has 0 aliphatic heterocycles. The lowest BCUT2D eigenvalue weighted by Gasteiger charge is -2.07. The predicted molar refractivity (Wildman–Crippen MR) is 75.7 cm³/mol. The molecule has 0 atom stereocenters. The number of benzene rings is 1. The highest BCUT2D eigenvalue weighted by Gasteiger charge is 2.05. The van der Waals surface area contributed by atoms with E-state index in [4.69, 9.17) is 11.6 Å². The molecule has 1 aromatic heterocycles. The van der Waals surface area contributed by atoms with Crippen LogP contribution in [0.1, 0.15) is 10.4 Å². The Labute approximate surface area is 117 Å². The molecule has 1 aromatic carbocycles. The molecule has 0 saturated heterocycles. The number of para-hydroxylation sites is 1. The van der Waals surface area contributed by atoms with E-state index >= 15 is 0 Å². The van der Waals surface area contributed by atoms with E-state index in [-0.39, 0.29) is 5.75 Å². The number of nitrogens with one attached hydrogen (secondary N) is 1. The van der Waals surface area contributed by atoms with Gasteiger partial charge in [-0.1, -0.05) is 23.7 Å². The summed E-state index contributed by atoms with van der Waals surface area (Å²) < 4.78 is 1.12. The van der Waals surface area contributed by atoms with Gasteiger partial charge in [-0.05, 0) is 33.4 Å². The first kappa shape index (κ1) is 12.9. The summed E-state index contributed by atoms with van der Waals surface area (Å²) in [5.41, 5.74) is 0.810. The smallest absolute Gasteiger partial charge is 0.138 e. The van der Waals surface area contributed by atoms with Gasteiger partial charge in [-0.2, -0.15) is 0 Å². The number of hydrogen-bond acceptors (Lipinski definition) is 3. The number of phenols is 1. The zero-order valence-electron chi connectivity index (χ0n) is 8.91. The summed E-state index contributed by atoms with van der Waals surface area (Å²) in [5.74, 6) is 0.159. The van der Waals surface area contributed by atoms with Gasteiger partial charge in [-0.3, -0.25) is 0 Å². The van der Waals surface area contributed by atoms with Gasteiger partial charge in [-0.25, -0.2) is 0 Å². The molecule has 0 aliphatic carbocycles. The lowest BCUT2D eigenvalue weighted by Crippen LogP contribution is -2.12. The van der Waals surface area contributed by atoms with Gasteiger partial charge in [0.1, 0.15) is 5.75 Å². The summed E-state index contributed by atoms with van der Waals surface area (Å²) >= 11 is 11.0. The number of halogens is 2. The first-order valence-corrected chi connectivity index (χ1v) is 7.12. The molecule has 0 fully saturated rings. The lowest BCUT2D eigenvalue weighted by molar-refractivity contribution is 0.465. The molecule has 0 bridgehead atoms. The Morgan fingerprint density at radius 1 is 1.29 bits per heavy atom. The molecular weight excluding hydrogens is 322 g/mol. The van der Waals surface area contributed by atoms with Gasteiger partial charge in [0.25, 0.3) is 0 Å². The summed E-state index contributed by atoms with van der Waals surface area (Å²) in [6, 6.07) is 7.40. The van der Waals surface area contributed by atoms with E-state index in [9.17, 15) is 5.11 Å². The van der Waals surface area contributed by atoms with Crippen molar-refractivity contribution in [2.75, 3.05) is 0 Å². The number of rotatable bonds is 4. The van der Waals surface area contributed by atoms with Crippen LogP contribution < -0.4 is 5.32 Å². The zero-order chi connectivity index (χ0) is 12.3. The molecule has 2 aromatic rings. The second-order valence-electron chi connectivity index (χ2n) is 3.54. The largest absolute Gasteiger partial charge is 0.506 e. The van der Waals surface area contributed by atoms with Gasteiger partial charge in [0.15, 0.2) is 0 Å². The molecule has 2 nitrogen and oxygen atoms in total. The molecule has 17 heavy (non-hydrogen) atoms. The third-order valence-electron chi connectivity index (χ3n) is 2.36. The third kappa shape index (κ3) is 3.22. The molecule has 0 saturated carbocycles. The molecule has 5 heteroatoms. The van der Waals surface area contributed by atoms with Crippen molar-refractivity contribution in [1.82, 2.24) is 5.32 Å². The van der Waals surface area contributed by atoms with Crippen LogP contribution in [-0.4, -0.2) is 5.11 Å². The molecule has 2 N–H and O–H groups in total. The van der Waals surface area contributed by atoms with Gasteiger partial charge < -0.3 is 10.4 Å². The Hall–Kier alpha value is -0.550. The van der Waals surface area contributed by atoms with Crippen molar-refractivity contribution < 1.29 is 5.11 Å². The fraction of sp³-hybridized carbons (Fsp3) is 0.167. The van der Waals surface area contributed by atoms with Crippen LogP contribution in [0.15, 0.2) is 34.1 Å². The second kappa shape index (κ2) is 5.87. The lowest BCUT2D eigenvalue weighted by atomic mass is 10.2. The van der Waals surface area contributed by atoms with Crippen LogP contribution in [0.3, 0.4) is 0 Å². The molecular formula is C12H11BrClNOS. The van der Waals surface area contributed by atoms with Crippen LogP contribution >= 0.6 is 38.9 Å². The SMILES string of the molecule is Oc1c(Cl)cccc1CNCc1sccc1Br. The van der Waals surface area contributed by atoms with E-state index < -0.39 is 0 Å². The summed E-state index contributed by atoms with van der Waals surface area (Å²) in [4.78, 5) is 1.24. The maximum Gasteiger partial charge on any atom is 0.138 e. The Morgan fingerprint density at radius 2 is 2.12 bits per heavy atom. The van der Waals surface area contributed by atoms with Gasteiger partial charge in [0.2, 0.25) is 0 Å². The minimum Gasteiger partial charge on any atom is -0.506 e. The number of phenolic OH excluding ortho intramolecular Hbond substituents is 1. The number of thiophene rings is 1. The summed E-state index contributed by atoms with van der Waals surface area (Å²) in [7, 11) is 0. The van der Waals surface area contributed by atoms with Crippen LogP contribution in [0.4, 0.5) is 0 Å². The standard InChI is InChI=1S/C12H11BrClNOS/c13-9-4-5-17-11(9)7-15-6-8-2-1-3-10(14)12(8)16/h1-5,15-16H,6-7H2. The van der Waals surface area contributed by atoms with Gasteiger partial charge in [0.05, 0.1) is 5.02 Å². The summed E-state index contributed by atoms with van der Waals surface area (Å²) in [6.07, 6.45) is 0. The van der Waals surface area contributed by atoms with E-state index in [1.807, 2.05) is 23.6 Å². The van der Waals surface area contributed by atoms with Crippen molar-refractivity contribution >= 4 is 38.9 Å². The molecule has 2 rings (SSSR count). The van der Waals surface area contributed by atoms with Crippen molar-refractivity contribution in [3.63, 3.8) is 0 Å². The maximum atomic E-state index is 9.73. The van der Waals surface area contributed by atoms with Crippen LogP contribution in [0.5, 0.6) is 5.75 Å². The summed E-state index contributed by atoms with van der Waals surface area (Å²) in [5, 5.41) is 15.4. The number of hydrogen-bond donors (Lipinski definition) is 2. The zero-order valence-corrected chi connectivity index (χ0v) is 12.1.